The summed E-state index contributed by atoms with van der Waals surface area (Å²) < 4.78 is 0. The summed E-state index contributed by atoms with van der Waals surface area (Å²) in [4.78, 5) is 33.8. The second kappa shape index (κ2) is 8.46. The van der Waals surface area contributed by atoms with Gasteiger partial charge >= 0.3 is 0 Å². The first kappa shape index (κ1) is 19.9. The second-order valence-corrected chi connectivity index (χ2v) is 9.32. The lowest BCUT2D eigenvalue weighted by Crippen LogP contribution is -2.14. The first-order valence-electron chi connectivity index (χ1n) is 8.52. The molecule has 2 N–H and O–H groups in total. The normalized spacial score (nSPS) is 12.3. The van der Waals surface area contributed by atoms with E-state index in [9.17, 15) is 9.59 Å². The van der Waals surface area contributed by atoms with Crippen molar-refractivity contribution in [1.29, 1.82) is 0 Å². The van der Waals surface area contributed by atoms with Gasteiger partial charge in [-0.1, -0.05) is 17.7 Å². The van der Waals surface area contributed by atoms with E-state index in [1.165, 1.54) is 0 Å². The van der Waals surface area contributed by atoms with Crippen molar-refractivity contribution in [2.24, 2.45) is 0 Å². The van der Waals surface area contributed by atoms with E-state index < -0.39 is 0 Å². The Morgan fingerprint density at radius 2 is 2.19 bits per heavy atom. The zero-order valence-electron chi connectivity index (χ0n) is 15.3. The topological polar surface area (TPSA) is 74.8 Å². The standard InChI is InChI=1S/C19H20ClN3O2S2/c1-10-11(2)27-19-16(10)18(25)22-17(23-19)12(3)26-8-7-15(24)21-14-6-4-5-13(20)9-14/h4-6,9,12H,7-8H2,1-3H3,(H,21,24)(H,22,23,25)/t12-/m1/s1. The van der Waals surface area contributed by atoms with E-state index in [-0.39, 0.29) is 16.7 Å². The minimum absolute atomic E-state index is 0.0104. The van der Waals surface area contributed by atoms with E-state index in [2.05, 4.69) is 15.3 Å². The number of aromatic amines is 1. The van der Waals surface area contributed by atoms with Gasteiger partial charge in [0.15, 0.2) is 0 Å². The number of thioether (sulfide) groups is 1. The minimum atomic E-state index is -0.0944. The lowest BCUT2D eigenvalue weighted by atomic mass is 10.2. The number of carbonyl (C=O) groups is 1. The Kier molecular flexibility index (Phi) is 6.24. The molecule has 0 aliphatic carbocycles. The zero-order valence-corrected chi connectivity index (χ0v) is 17.6. The number of nitrogens with zero attached hydrogens (tertiary/aromatic N) is 1. The molecule has 0 unspecified atom stereocenters. The molecule has 0 aliphatic rings. The largest absolute Gasteiger partial charge is 0.326 e. The molecular weight excluding hydrogens is 402 g/mol. The summed E-state index contributed by atoms with van der Waals surface area (Å²) in [7, 11) is 0. The molecule has 0 saturated carbocycles. The molecular formula is C19H20ClN3O2S2. The molecule has 142 valence electrons. The third-order valence-electron chi connectivity index (χ3n) is 4.25. The molecule has 0 radical (unpaired) electrons. The highest BCUT2D eigenvalue weighted by molar-refractivity contribution is 7.99. The predicted octanol–water partition coefficient (Wildman–Crippen LogP) is 5.08. The van der Waals surface area contributed by atoms with Crippen LogP contribution in [0.1, 0.15) is 34.9 Å². The van der Waals surface area contributed by atoms with Crippen LogP contribution < -0.4 is 10.9 Å². The maximum Gasteiger partial charge on any atom is 0.259 e. The number of aromatic nitrogens is 2. The molecule has 1 atom stereocenters. The van der Waals surface area contributed by atoms with Crippen LogP contribution >= 0.6 is 34.7 Å². The van der Waals surface area contributed by atoms with Crippen molar-refractivity contribution in [2.75, 3.05) is 11.1 Å². The highest BCUT2D eigenvalue weighted by Crippen LogP contribution is 2.30. The Balaban J connectivity index is 1.59. The van der Waals surface area contributed by atoms with Crippen molar-refractivity contribution in [3.63, 3.8) is 0 Å². The van der Waals surface area contributed by atoms with Gasteiger partial charge in [-0.25, -0.2) is 4.98 Å². The Labute approximate surface area is 170 Å². The van der Waals surface area contributed by atoms with Gasteiger partial charge in [-0.3, -0.25) is 9.59 Å². The highest BCUT2D eigenvalue weighted by atomic mass is 35.5. The molecule has 0 aliphatic heterocycles. The van der Waals surface area contributed by atoms with E-state index in [4.69, 9.17) is 11.6 Å². The number of halogens is 1. The lowest BCUT2D eigenvalue weighted by Gasteiger charge is -2.11. The average molecular weight is 422 g/mol. The predicted molar refractivity (Wildman–Crippen MR) is 115 cm³/mol. The molecule has 5 nitrogen and oxygen atoms in total. The van der Waals surface area contributed by atoms with E-state index in [0.717, 1.165) is 15.3 Å². The van der Waals surface area contributed by atoms with Crippen molar-refractivity contribution in [1.82, 2.24) is 9.97 Å². The zero-order chi connectivity index (χ0) is 19.6. The summed E-state index contributed by atoms with van der Waals surface area (Å²) in [5, 5.41) is 4.08. The molecule has 0 bridgehead atoms. The van der Waals surface area contributed by atoms with Crippen LogP contribution in [-0.4, -0.2) is 21.6 Å². The molecule has 2 heterocycles. The van der Waals surface area contributed by atoms with Gasteiger partial charge in [-0.2, -0.15) is 11.8 Å². The number of rotatable bonds is 6. The maximum atomic E-state index is 12.4. The first-order valence-corrected chi connectivity index (χ1v) is 10.8. The molecule has 3 aromatic rings. The van der Waals surface area contributed by atoms with Crippen LogP contribution in [0.25, 0.3) is 10.2 Å². The van der Waals surface area contributed by atoms with Gasteiger partial charge in [-0.05, 0) is 44.5 Å². The van der Waals surface area contributed by atoms with Crippen LogP contribution in [0.5, 0.6) is 0 Å². The Morgan fingerprint density at radius 1 is 1.41 bits per heavy atom. The van der Waals surface area contributed by atoms with Crippen molar-refractivity contribution in [2.45, 2.75) is 32.4 Å². The fraction of sp³-hybridized carbons (Fsp3) is 0.316. The maximum absolute atomic E-state index is 12.4. The summed E-state index contributed by atoms with van der Waals surface area (Å²) in [5.74, 6) is 1.20. The molecule has 8 heteroatoms. The smallest absolute Gasteiger partial charge is 0.259 e. The fourth-order valence-corrected chi connectivity index (χ4v) is 4.81. The Bertz CT molecular complexity index is 1050. The lowest BCUT2D eigenvalue weighted by molar-refractivity contribution is -0.115. The van der Waals surface area contributed by atoms with Gasteiger partial charge in [0.25, 0.3) is 5.56 Å². The van der Waals surface area contributed by atoms with Gasteiger partial charge in [-0.15, -0.1) is 11.3 Å². The van der Waals surface area contributed by atoms with Gasteiger partial charge in [0.1, 0.15) is 10.7 Å². The van der Waals surface area contributed by atoms with Crippen LogP contribution in [0.3, 0.4) is 0 Å². The summed E-state index contributed by atoms with van der Waals surface area (Å²) in [5.41, 5.74) is 1.58. The van der Waals surface area contributed by atoms with Gasteiger partial charge in [0.05, 0.1) is 10.6 Å². The number of thiophene rings is 1. The van der Waals surface area contributed by atoms with E-state index in [1.807, 2.05) is 20.8 Å². The summed E-state index contributed by atoms with van der Waals surface area (Å²) in [6, 6.07) is 7.06. The monoisotopic (exact) mass is 421 g/mol. The number of benzene rings is 1. The number of nitrogens with one attached hydrogen (secondary N) is 2. The third-order valence-corrected chi connectivity index (χ3v) is 6.75. The van der Waals surface area contributed by atoms with Crippen molar-refractivity contribution in [3.05, 3.63) is 55.9 Å². The Morgan fingerprint density at radius 3 is 2.93 bits per heavy atom. The van der Waals surface area contributed by atoms with E-state index in [0.29, 0.717) is 34.1 Å². The minimum Gasteiger partial charge on any atom is -0.326 e. The van der Waals surface area contributed by atoms with Crippen molar-refractivity contribution in [3.8, 4) is 0 Å². The highest BCUT2D eigenvalue weighted by Gasteiger charge is 2.16. The number of amides is 1. The van der Waals surface area contributed by atoms with Crippen LogP contribution in [0.4, 0.5) is 5.69 Å². The van der Waals surface area contributed by atoms with Crippen molar-refractivity contribution >= 4 is 56.5 Å². The van der Waals surface area contributed by atoms with Crippen LogP contribution in [-0.2, 0) is 4.79 Å². The summed E-state index contributed by atoms with van der Waals surface area (Å²) in [6.07, 6.45) is 0.366. The fourth-order valence-electron chi connectivity index (χ4n) is 2.66. The number of hydrogen-bond donors (Lipinski definition) is 2. The first-order chi connectivity index (χ1) is 12.8. The van der Waals surface area contributed by atoms with Gasteiger partial charge < -0.3 is 10.3 Å². The van der Waals surface area contributed by atoms with E-state index >= 15 is 0 Å². The van der Waals surface area contributed by atoms with Crippen molar-refractivity contribution < 1.29 is 4.79 Å². The molecule has 0 spiro atoms. The number of H-pyrrole nitrogens is 1. The molecule has 3 rings (SSSR count). The molecule has 2 aromatic heterocycles. The number of carbonyl (C=O) groups excluding carboxylic acids is 1. The second-order valence-electron chi connectivity index (χ2n) is 6.24. The molecule has 1 amide bonds. The quantitative estimate of drug-likeness (QED) is 0.582. The van der Waals surface area contributed by atoms with Crippen LogP contribution in [0.15, 0.2) is 29.1 Å². The van der Waals surface area contributed by atoms with Crippen LogP contribution in [0.2, 0.25) is 5.02 Å². The SMILES string of the molecule is Cc1sc2nc([C@@H](C)SCCC(=O)Nc3cccc(Cl)c3)[nH]c(=O)c2c1C. The van der Waals surface area contributed by atoms with Crippen LogP contribution in [0, 0.1) is 13.8 Å². The summed E-state index contributed by atoms with van der Waals surface area (Å²) in [6.45, 7) is 5.93. The van der Waals surface area contributed by atoms with Gasteiger partial charge in [0, 0.05) is 27.8 Å². The molecule has 27 heavy (non-hydrogen) atoms. The average Bonchev–Trinajstić information content (AvgIpc) is 2.89. The number of aryl methyl sites for hydroxylation is 2. The Hall–Kier alpha value is -1.83. The summed E-state index contributed by atoms with van der Waals surface area (Å²) >= 11 is 9.04. The number of anilines is 1. The molecule has 0 fully saturated rings. The number of hydrogen-bond acceptors (Lipinski definition) is 5. The number of fused-ring (bicyclic) bond motifs is 1. The molecule has 1 aromatic carbocycles. The van der Waals surface area contributed by atoms with E-state index in [1.54, 1.807) is 47.4 Å². The van der Waals surface area contributed by atoms with Gasteiger partial charge in [0.2, 0.25) is 5.91 Å². The molecule has 0 saturated heterocycles. The third kappa shape index (κ3) is 4.72.